The van der Waals surface area contributed by atoms with E-state index in [1.807, 2.05) is 5.38 Å². The fraction of sp³-hybridized carbons (Fsp3) is 0.333. The molecule has 0 fully saturated rings. The Bertz CT molecular complexity index is 798. The summed E-state index contributed by atoms with van der Waals surface area (Å²) < 4.78 is 22.3. The van der Waals surface area contributed by atoms with Crippen molar-refractivity contribution in [1.29, 1.82) is 0 Å². The molecule has 2 amide bonds. The second kappa shape index (κ2) is 7.73. The lowest BCUT2D eigenvalue weighted by atomic mass is 10.2. The first-order valence-corrected chi connectivity index (χ1v) is 9.80. The minimum Gasteiger partial charge on any atom is -0.337 e. The van der Waals surface area contributed by atoms with Crippen LogP contribution >= 0.6 is 11.3 Å². The van der Waals surface area contributed by atoms with Crippen molar-refractivity contribution in [2.75, 3.05) is 11.9 Å². The van der Waals surface area contributed by atoms with Crippen LogP contribution in [0.15, 0.2) is 34.5 Å². The van der Waals surface area contributed by atoms with Gasteiger partial charge in [0.25, 0.3) is 0 Å². The number of nitrogens with two attached hydrogens (primary N) is 1. The second-order valence-electron chi connectivity index (χ2n) is 5.53. The first kappa shape index (κ1) is 18.4. The number of carbonyl (C=O) groups excluding carboxylic acids is 1. The number of hydrogen-bond acceptors (Lipinski definition) is 5. The van der Waals surface area contributed by atoms with Crippen molar-refractivity contribution < 1.29 is 13.2 Å². The molecule has 1 aromatic heterocycles. The number of anilines is 1. The van der Waals surface area contributed by atoms with Gasteiger partial charge in [-0.05, 0) is 24.3 Å². The Morgan fingerprint density at radius 2 is 1.96 bits per heavy atom. The number of sulfonamides is 1. The van der Waals surface area contributed by atoms with Crippen molar-refractivity contribution in [3.8, 4) is 0 Å². The van der Waals surface area contributed by atoms with Crippen molar-refractivity contribution in [2.45, 2.75) is 31.1 Å². The SMILES string of the molecule is CC(C)c1nc(CCNC(=O)Nc2ccc(S(N)(=O)=O)cc2)cs1. The maximum absolute atomic E-state index is 11.8. The van der Waals surface area contributed by atoms with Crippen LogP contribution < -0.4 is 15.8 Å². The lowest BCUT2D eigenvalue weighted by Crippen LogP contribution is -2.30. The number of urea groups is 1. The van der Waals surface area contributed by atoms with Gasteiger partial charge < -0.3 is 10.6 Å². The first-order valence-electron chi connectivity index (χ1n) is 7.37. The minimum atomic E-state index is -3.73. The molecule has 1 aromatic carbocycles. The van der Waals surface area contributed by atoms with Gasteiger partial charge in [-0.1, -0.05) is 13.8 Å². The first-order chi connectivity index (χ1) is 11.3. The maximum Gasteiger partial charge on any atom is 0.319 e. The molecule has 0 bridgehead atoms. The van der Waals surface area contributed by atoms with Crippen LogP contribution in [0.2, 0.25) is 0 Å². The molecule has 0 aliphatic rings. The summed E-state index contributed by atoms with van der Waals surface area (Å²) >= 11 is 1.62. The largest absolute Gasteiger partial charge is 0.337 e. The number of amides is 2. The van der Waals surface area contributed by atoms with Gasteiger partial charge in [-0.3, -0.25) is 0 Å². The van der Waals surface area contributed by atoms with Crippen molar-refractivity contribution in [2.24, 2.45) is 5.14 Å². The van der Waals surface area contributed by atoms with Crippen molar-refractivity contribution in [3.63, 3.8) is 0 Å². The summed E-state index contributed by atoms with van der Waals surface area (Å²) in [5.74, 6) is 0.403. The molecule has 130 valence electrons. The van der Waals surface area contributed by atoms with Crippen LogP contribution in [-0.4, -0.2) is 26.0 Å². The van der Waals surface area contributed by atoms with Gasteiger partial charge in [0, 0.05) is 30.0 Å². The normalized spacial score (nSPS) is 11.5. The number of nitrogens with zero attached hydrogens (tertiary/aromatic N) is 1. The zero-order valence-corrected chi connectivity index (χ0v) is 15.1. The zero-order chi connectivity index (χ0) is 17.7. The number of nitrogens with one attached hydrogen (secondary N) is 2. The van der Waals surface area contributed by atoms with Gasteiger partial charge in [-0.25, -0.2) is 23.3 Å². The second-order valence-corrected chi connectivity index (χ2v) is 7.98. The number of thiazole rings is 1. The monoisotopic (exact) mass is 368 g/mol. The maximum atomic E-state index is 11.8. The quantitative estimate of drug-likeness (QED) is 0.725. The molecule has 0 unspecified atom stereocenters. The summed E-state index contributed by atoms with van der Waals surface area (Å²) in [5.41, 5.74) is 1.44. The molecule has 0 aliphatic carbocycles. The fourth-order valence-electron chi connectivity index (χ4n) is 1.91. The van der Waals surface area contributed by atoms with Crippen LogP contribution in [0.4, 0.5) is 10.5 Å². The number of rotatable bonds is 6. The van der Waals surface area contributed by atoms with E-state index in [2.05, 4.69) is 29.5 Å². The highest BCUT2D eigenvalue weighted by Crippen LogP contribution is 2.19. The Morgan fingerprint density at radius 1 is 1.29 bits per heavy atom. The molecule has 2 rings (SSSR count). The van der Waals surface area contributed by atoms with Crippen LogP contribution in [0, 0.1) is 0 Å². The zero-order valence-electron chi connectivity index (χ0n) is 13.4. The summed E-state index contributed by atoms with van der Waals surface area (Å²) in [7, 11) is -3.73. The Morgan fingerprint density at radius 3 is 2.50 bits per heavy atom. The van der Waals surface area contributed by atoms with Crippen molar-refractivity contribution in [3.05, 3.63) is 40.3 Å². The van der Waals surface area contributed by atoms with E-state index in [9.17, 15) is 13.2 Å². The Hall–Kier alpha value is -1.97. The third kappa shape index (κ3) is 5.29. The predicted octanol–water partition coefficient (Wildman–Crippen LogP) is 2.28. The third-order valence-electron chi connectivity index (χ3n) is 3.17. The number of aromatic nitrogens is 1. The van der Waals surface area contributed by atoms with Crippen LogP contribution in [0.3, 0.4) is 0 Å². The molecule has 4 N–H and O–H groups in total. The summed E-state index contributed by atoms with van der Waals surface area (Å²) in [5, 5.41) is 13.5. The fourth-order valence-corrected chi connectivity index (χ4v) is 3.29. The van der Waals surface area contributed by atoms with Gasteiger partial charge in [0.2, 0.25) is 10.0 Å². The lowest BCUT2D eigenvalue weighted by molar-refractivity contribution is 0.252. The van der Waals surface area contributed by atoms with E-state index < -0.39 is 10.0 Å². The van der Waals surface area contributed by atoms with E-state index in [0.717, 1.165) is 10.7 Å². The number of benzene rings is 1. The van der Waals surface area contributed by atoms with Gasteiger partial charge in [-0.15, -0.1) is 11.3 Å². The topological polar surface area (TPSA) is 114 Å². The Balaban J connectivity index is 1.80. The molecule has 9 heteroatoms. The molecule has 0 saturated heterocycles. The highest BCUT2D eigenvalue weighted by molar-refractivity contribution is 7.89. The van der Waals surface area contributed by atoms with Gasteiger partial charge in [-0.2, -0.15) is 0 Å². The summed E-state index contributed by atoms with van der Waals surface area (Å²) in [4.78, 5) is 16.3. The molecule has 0 saturated carbocycles. The molecular formula is C15H20N4O3S2. The number of primary sulfonamides is 1. The van der Waals surface area contributed by atoms with Crippen LogP contribution in [-0.2, 0) is 16.4 Å². The molecule has 7 nitrogen and oxygen atoms in total. The molecule has 0 spiro atoms. The Kier molecular flexibility index (Phi) is 5.92. The number of carbonyl (C=O) groups is 1. The molecule has 0 aliphatic heterocycles. The van der Waals surface area contributed by atoms with Gasteiger partial charge in [0.15, 0.2) is 0 Å². The summed E-state index contributed by atoms with van der Waals surface area (Å²) in [6, 6.07) is 5.28. The van der Waals surface area contributed by atoms with E-state index >= 15 is 0 Å². The predicted molar refractivity (Wildman–Crippen MR) is 94.7 cm³/mol. The van der Waals surface area contributed by atoms with Gasteiger partial charge >= 0.3 is 6.03 Å². The molecule has 0 atom stereocenters. The van der Waals surface area contributed by atoms with E-state index in [-0.39, 0.29) is 10.9 Å². The smallest absolute Gasteiger partial charge is 0.319 e. The average Bonchev–Trinajstić information content (AvgIpc) is 2.96. The van der Waals surface area contributed by atoms with Crippen molar-refractivity contribution in [1.82, 2.24) is 10.3 Å². The summed E-state index contributed by atoms with van der Waals surface area (Å²) in [6.45, 7) is 4.65. The van der Waals surface area contributed by atoms with E-state index in [1.54, 1.807) is 11.3 Å². The van der Waals surface area contributed by atoms with E-state index in [4.69, 9.17) is 5.14 Å². The van der Waals surface area contributed by atoms with E-state index in [1.165, 1.54) is 24.3 Å². The van der Waals surface area contributed by atoms with E-state index in [0.29, 0.717) is 24.6 Å². The number of hydrogen-bond donors (Lipinski definition) is 3. The molecular weight excluding hydrogens is 348 g/mol. The molecule has 2 aromatic rings. The standard InChI is InChI=1S/C15H20N4O3S2/c1-10(2)14-18-12(9-23-14)7-8-17-15(20)19-11-3-5-13(6-4-11)24(16,21)22/h3-6,9-10H,7-8H2,1-2H3,(H2,16,21,22)(H2,17,19,20). The highest BCUT2D eigenvalue weighted by Gasteiger charge is 2.09. The lowest BCUT2D eigenvalue weighted by Gasteiger charge is -2.07. The van der Waals surface area contributed by atoms with Crippen molar-refractivity contribution >= 4 is 33.1 Å². The highest BCUT2D eigenvalue weighted by atomic mass is 32.2. The third-order valence-corrected chi connectivity index (χ3v) is 5.29. The molecule has 1 heterocycles. The average molecular weight is 368 g/mol. The van der Waals surface area contributed by atoms with Crippen LogP contribution in [0.1, 0.15) is 30.5 Å². The minimum absolute atomic E-state index is 0.00190. The van der Waals surface area contributed by atoms with Crippen LogP contribution in [0.5, 0.6) is 0 Å². The molecule has 0 radical (unpaired) electrons. The van der Waals surface area contributed by atoms with Gasteiger partial charge in [0.1, 0.15) is 0 Å². The summed E-state index contributed by atoms with van der Waals surface area (Å²) in [6.07, 6.45) is 0.654. The van der Waals surface area contributed by atoms with Crippen LogP contribution in [0.25, 0.3) is 0 Å². The Labute approximate surface area is 145 Å². The van der Waals surface area contributed by atoms with Gasteiger partial charge in [0.05, 0.1) is 15.6 Å². The molecule has 24 heavy (non-hydrogen) atoms.